The number of ether oxygens (including phenoxy) is 1. The van der Waals surface area contributed by atoms with Crippen molar-refractivity contribution < 1.29 is 18.8 Å². The number of thiocarbonyl (C=S) groups is 1. The van der Waals surface area contributed by atoms with E-state index < -0.39 is 0 Å². The number of halogens is 1. The van der Waals surface area contributed by atoms with E-state index in [4.69, 9.17) is 17.0 Å². The lowest BCUT2D eigenvalue weighted by Crippen LogP contribution is -2.39. The Morgan fingerprint density at radius 1 is 1.00 bits per heavy atom. The first-order chi connectivity index (χ1) is 16.4. The molecule has 4 rings (SSSR count). The molecule has 0 radical (unpaired) electrons. The summed E-state index contributed by atoms with van der Waals surface area (Å²) in [6, 6.07) is 21.1. The van der Waals surface area contributed by atoms with E-state index in [1.54, 1.807) is 59.8 Å². The molecule has 5 nitrogen and oxygen atoms in total. The van der Waals surface area contributed by atoms with Crippen molar-refractivity contribution in [3.8, 4) is 11.4 Å². The van der Waals surface area contributed by atoms with Crippen LogP contribution in [0.4, 0.5) is 10.1 Å². The minimum absolute atomic E-state index is 0.237. The highest BCUT2D eigenvalue weighted by Gasteiger charge is 2.22. The molecule has 1 N–H and O–H groups in total. The van der Waals surface area contributed by atoms with Gasteiger partial charge in [0.1, 0.15) is 11.6 Å². The predicted octanol–water partition coefficient (Wildman–Crippen LogP) is 4.65. The summed E-state index contributed by atoms with van der Waals surface area (Å²) in [6.45, 7) is 3.65. The van der Waals surface area contributed by atoms with E-state index in [0.29, 0.717) is 28.4 Å². The van der Waals surface area contributed by atoms with Gasteiger partial charge in [-0.3, -0.25) is 0 Å². The van der Waals surface area contributed by atoms with Gasteiger partial charge in [0.25, 0.3) is 0 Å². The molecule has 0 bridgehead atoms. The minimum atomic E-state index is -0.363. The van der Waals surface area contributed by atoms with Crippen LogP contribution in [0.5, 0.6) is 5.75 Å². The lowest BCUT2D eigenvalue weighted by atomic mass is 10.1. The van der Waals surface area contributed by atoms with Crippen molar-refractivity contribution in [2.24, 2.45) is 0 Å². The third-order valence-electron chi connectivity index (χ3n) is 5.53. The van der Waals surface area contributed by atoms with Gasteiger partial charge < -0.3 is 19.7 Å². The number of benzene rings is 2. The summed E-state index contributed by atoms with van der Waals surface area (Å²) >= 11 is 5.71. The molecular weight excluding hydrogens is 449 g/mol. The van der Waals surface area contributed by atoms with Crippen LogP contribution in [0, 0.1) is 19.7 Å². The van der Waals surface area contributed by atoms with E-state index in [1.807, 2.05) is 49.4 Å². The Kier molecular flexibility index (Phi) is 6.75. The standard InChI is InChI=1S/C27H24FN3O2S/c1-18-17-20(19(2)31(18)23-13-7-5-11-21(23)28)26(32)25(30-15-9-4-10-16-30)27(34)29-22-12-6-8-14-24(22)33-3/h4-17H,1-3H3,(H-,29,32,34). The minimum Gasteiger partial charge on any atom is -0.867 e. The molecule has 0 atom stereocenters. The van der Waals surface area contributed by atoms with Gasteiger partial charge in [-0.05, 0) is 55.5 Å². The average molecular weight is 474 g/mol. The second kappa shape index (κ2) is 9.89. The highest BCUT2D eigenvalue weighted by atomic mass is 32.1. The Bertz CT molecular complexity index is 1380. The maximum Gasteiger partial charge on any atom is 0.238 e. The lowest BCUT2D eigenvalue weighted by Gasteiger charge is -2.18. The zero-order chi connectivity index (χ0) is 24.2. The number of hydrogen-bond donors (Lipinski definition) is 1. The average Bonchev–Trinajstić information content (AvgIpc) is 3.14. The predicted molar refractivity (Wildman–Crippen MR) is 134 cm³/mol. The van der Waals surface area contributed by atoms with E-state index in [0.717, 1.165) is 5.69 Å². The third kappa shape index (κ3) is 4.43. The number of hydrogen-bond acceptors (Lipinski definition) is 3. The Morgan fingerprint density at radius 3 is 2.38 bits per heavy atom. The Labute approximate surface area is 203 Å². The van der Waals surface area contributed by atoms with Crippen molar-refractivity contribution in [1.29, 1.82) is 0 Å². The lowest BCUT2D eigenvalue weighted by molar-refractivity contribution is -0.577. The quantitative estimate of drug-likeness (QED) is 0.192. The first-order valence-electron chi connectivity index (χ1n) is 10.7. The molecule has 0 aliphatic rings. The molecule has 0 aliphatic carbocycles. The second-order valence-electron chi connectivity index (χ2n) is 7.69. The summed E-state index contributed by atoms with van der Waals surface area (Å²) in [5, 5.41) is 17.1. The van der Waals surface area contributed by atoms with Gasteiger partial charge in [-0.25, -0.2) is 4.39 Å². The van der Waals surface area contributed by atoms with Gasteiger partial charge in [0, 0.05) is 23.5 Å². The SMILES string of the molecule is COc1ccccc1NC(=S)/C(=C(/[O-])c1cc(C)n(-c2ccccc2F)c1C)[n+]1ccccc1. The molecule has 0 amide bonds. The van der Waals surface area contributed by atoms with Crippen LogP contribution >= 0.6 is 12.2 Å². The third-order valence-corrected chi connectivity index (χ3v) is 5.82. The fourth-order valence-corrected chi connectivity index (χ4v) is 4.25. The Hall–Kier alpha value is -3.97. The van der Waals surface area contributed by atoms with E-state index in [-0.39, 0.29) is 22.3 Å². The van der Waals surface area contributed by atoms with Crippen molar-refractivity contribution in [3.05, 3.63) is 108 Å². The summed E-state index contributed by atoms with van der Waals surface area (Å²) in [6.07, 6.45) is 3.53. The number of nitrogens with one attached hydrogen (secondary N) is 1. The largest absolute Gasteiger partial charge is 0.867 e. The zero-order valence-corrected chi connectivity index (χ0v) is 19.9. The topological polar surface area (TPSA) is 53.1 Å². The smallest absolute Gasteiger partial charge is 0.238 e. The van der Waals surface area contributed by atoms with Crippen LogP contribution in [0.3, 0.4) is 0 Å². The van der Waals surface area contributed by atoms with Crippen LogP contribution in [-0.4, -0.2) is 16.7 Å². The van der Waals surface area contributed by atoms with E-state index in [2.05, 4.69) is 5.32 Å². The molecule has 0 fully saturated rings. The molecule has 0 saturated carbocycles. The highest BCUT2D eigenvalue weighted by Crippen LogP contribution is 2.29. The molecule has 0 unspecified atom stereocenters. The van der Waals surface area contributed by atoms with Crippen LogP contribution in [0.1, 0.15) is 17.0 Å². The number of pyridine rings is 1. The highest BCUT2D eigenvalue weighted by molar-refractivity contribution is 7.81. The molecule has 2 heterocycles. The van der Waals surface area contributed by atoms with E-state index in [1.165, 1.54) is 6.07 Å². The summed E-state index contributed by atoms with van der Waals surface area (Å²) in [5.74, 6) is -0.0370. The first-order valence-corrected chi connectivity index (χ1v) is 11.1. The van der Waals surface area contributed by atoms with Gasteiger partial charge in [0.2, 0.25) is 5.70 Å². The van der Waals surface area contributed by atoms with Crippen LogP contribution in [-0.2, 0) is 0 Å². The maximum atomic E-state index is 14.6. The first kappa shape index (κ1) is 23.2. The Balaban J connectivity index is 1.86. The monoisotopic (exact) mass is 473 g/mol. The van der Waals surface area contributed by atoms with Crippen LogP contribution < -0.4 is 19.7 Å². The van der Waals surface area contributed by atoms with Crippen molar-refractivity contribution in [2.75, 3.05) is 12.4 Å². The van der Waals surface area contributed by atoms with Crippen molar-refractivity contribution in [3.63, 3.8) is 0 Å². The molecule has 0 saturated heterocycles. The fraction of sp³-hybridized carbons (Fsp3) is 0.111. The van der Waals surface area contributed by atoms with Crippen LogP contribution in [0.25, 0.3) is 17.1 Å². The van der Waals surface area contributed by atoms with Gasteiger partial charge >= 0.3 is 0 Å². The van der Waals surface area contributed by atoms with Crippen molar-refractivity contribution >= 4 is 34.3 Å². The number of para-hydroxylation sites is 3. The maximum absolute atomic E-state index is 14.6. The number of aromatic nitrogens is 2. The van der Waals surface area contributed by atoms with Gasteiger partial charge in [0.15, 0.2) is 17.4 Å². The second-order valence-corrected chi connectivity index (χ2v) is 8.09. The normalized spacial score (nSPS) is 11.6. The number of nitrogens with zero attached hydrogens (tertiary/aromatic N) is 2. The van der Waals surface area contributed by atoms with Gasteiger partial charge in [-0.1, -0.05) is 42.5 Å². The number of rotatable bonds is 6. The van der Waals surface area contributed by atoms with E-state index >= 15 is 0 Å². The molecule has 7 heteroatoms. The molecule has 2 aromatic carbocycles. The van der Waals surface area contributed by atoms with Gasteiger partial charge in [0.05, 0.1) is 18.5 Å². The van der Waals surface area contributed by atoms with E-state index in [9.17, 15) is 9.50 Å². The molecule has 0 aliphatic heterocycles. The molecular formula is C27H24FN3O2S. The molecule has 0 spiro atoms. The van der Waals surface area contributed by atoms with Crippen molar-refractivity contribution in [1.82, 2.24) is 4.57 Å². The molecule has 34 heavy (non-hydrogen) atoms. The summed E-state index contributed by atoms with van der Waals surface area (Å²) in [7, 11) is 1.57. The van der Waals surface area contributed by atoms with Crippen LogP contribution in [0.2, 0.25) is 0 Å². The molecule has 172 valence electrons. The number of methoxy groups -OCH3 is 1. The molecule has 2 aromatic heterocycles. The molecule has 4 aromatic rings. The van der Waals surface area contributed by atoms with Gasteiger partial charge in [-0.2, -0.15) is 4.57 Å². The number of anilines is 1. The van der Waals surface area contributed by atoms with Crippen LogP contribution in [0.15, 0.2) is 85.2 Å². The fourth-order valence-electron chi connectivity index (χ4n) is 3.94. The zero-order valence-electron chi connectivity index (χ0n) is 19.1. The number of aryl methyl sites for hydroxylation is 1. The van der Waals surface area contributed by atoms with Crippen molar-refractivity contribution in [2.45, 2.75) is 13.8 Å². The summed E-state index contributed by atoms with van der Waals surface area (Å²) < 4.78 is 23.4. The Morgan fingerprint density at radius 2 is 1.68 bits per heavy atom. The summed E-state index contributed by atoms with van der Waals surface area (Å²) in [5.41, 5.74) is 3.12. The van der Waals surface area contributed by atoms with Gasteiger partial charge in [-0.15, -0.1) is 0 Å². The summed E-state index contributed by atoms with van der Waals surface area (Å²) in [4.78, 5) is 0.237.